The molecule has 7 heteroatoms. The normalized spacial score (nSPS) is 13.1. The second kappa shape index (κ2) is 12.9. The molecule has 1 heterocycles. The van der Waals surface area contributed by atoms with Gasteiger partial charge >= 0.3 is 5.97 Å². The molecule has 0 aliphatic heterocycles. The molecule has 0 spiro atoms. The van der Waals surface area contributed by atoms with Crippen LogP contribution in [0.5, 0.6) is 0 Å². The highest BCUT2D eigenvalue weighted by Gasteiger charge is 2.28. The van der Waals surface area contributed by atoms with Crippen molar-refractivity contribution in [1.82, 2.24) is 15.6 Å². The van der Waals surface area contributed by atoms with Crippen LogP contribution in [0.25, 0.3) is 10.9 Å². The maximum absolute atomic E-state index is 13.0. The van der Waals surface area contributed by atoms with Gasteiger partial charge in [-0.1, -0.05) is 58.2 Å². The van der Waals surface area contributed by atoms with Crippen LogP contribution in [-0.2, 0) is 20.8 Å². The zero-order chi connectivity index (χ0) is 23.5. The lowest BCUT2D eigenvalue weighted by molar-refractivity contribution is -0.141. The molecule has 0 saturated carbocycles. The number of hydrogen-bond acceptors (Lipinski definition) is 3. The monoisotopic (exact) mass is 443 g/mol. The molecule has 0 fully saturated rings. The summed E-state index contributed by atoms with van der Waals surface area (Å²) in [7, 11) is 0. The summed E-state index contributed by atoms with van der Waals surface area (Å²) in [5.74, 6) is -2.13. The molecule has 4 N–H and O–H groups in total. The summed E-state index contributed by atoms with van der Waals surface area (Å²) in [6.45, 7) is 6.60. The summed E-state index contributed by atoms with van der Waals surface area (Å²) >= 11 is 0. The first kappa shape index (κ1) is 25.4. The van der Waals surface area contributed by atoms with Crippen molar-refractivity contribution in [3.63, 3.8) is 0 Å². The number of aromatic nitrogens is 1. The van der Waals surface area contributed by atoms with Crippen molar-refractivity contribution in [2.24, 2.45) is 11.8 Å². The Morgan fingerprint density at radius 1 is 1.06 bits per heavy atom. The van der Waals surface area contributed by atoms with E-state index in [2.05, 4.69) is 22.5 Å². The van der Waals surface area contributed by atoms with E-state index in [-0.39, 0.29) is 24.2 Å². The zero-order valence-corrected chi connectivity index (χ0v) is 19.4. The molecule has 0 aliphatic rings. The van der Waals surface area contributed by atoms with E-state index in [0.717, 1.165) is 42.1 Å². The van der Waals surface area contributed by atoms with Crippen LogP contribution < -0.4 is 10.6 Å². The second-order valence-electron chi connectivity index (χ2n) is 8.90. The van der Waals surface area contributed by atoms with Crippen LogP contribution in [0.4, 0.5) is 0 Å². The smallest absolute Gasteiger partial charge is 0.304 e. The Bertz CT molecular complexity index is 890. The van der Waals surface area contributed by atoms with Gasteiger partial charge in [0.15, 0.2) is 0 Å². The topological polar surface area (TPSA) is 111 Å². The van der Waals surface area contributed by atoms with Crippen LogP contribution in [0.3, 0.4) is 0 Å². The van der Waals surface area contributed by atoms with Crippen molar-refractivity contribution >= 4 is 28.7 Å². The summed E-state index contributed by atoms with van der Waals surface area (Å²) < 4.78 is 0. The van der Waals surface area contributed by atoms with Crippen LogP contribution in [0.2, 0.25) is 0 Å². The highest BCUT2D eigenvalue weighted by molar-refractivity contribution is 5.91. The Balaban J connectivity index is 2.15. The van der Waals surface area contributed by atoms with Crippen molar-refractivity contribution in [3.05, 3.63) is 36.0 Å². The van der Waals surface area contributed by atoms with E-state index in [9.17, 15) is 19.5 Å². The lowest BCUT2D eigenvalue weighted by atomic mass is 9.92. The standard InChI is InChI=1S/C25H37N3O4/c1-4-5-6-9-12-26-25(32)22(14-19-16-27-21-11-8-7-10-20(19)21)28-24(31)18(13-17(2)3)15-23(29)30/h7-8,10-11,16-18,22,27H,4-6,9,12-15H2,1-3H3,(H,26,32)(H,28,31)(H,29,30)/t18-,22+/m1/s1. The molecule has 0 unspecified atom stereocenters. The minimum atomic E-state index is -1.01. The third-order valence-electron chi connectivity index (χ3n) is 5.61. The second-order valence-corrected chi connectivity index (χ2v) is 8.90. The van der Waals surface area contributed by atoms with Crippen molar-refractivity contribution in [1.29, 1.82) is 0 Å². The first-order valence-corrected chi connectivity index (χ1v) is 11.7. The fourth-order valence-electron chi connectivity index (χ4n) is 3.97. The van der Waals surface area contributed by atoms with Gasteiger partial charge in [-0.25, -0.2) is 0 Å². The van der Waals surface area contributed by atoms with E-state index in [4.69, 9.17) is 0 Å². The van der Waals surface area contributed by atoms with E-state index < -0.39 is 17.9 Å². The van der Waals surface area contributed by atoms with Crippen LogP contribution >= 0.6 is 0 Å². The predicted molar refractivity (Wildman–Crippen MR) is 126 cm³/mol. The molecule has 2 amide bonds. The van der Waals surface area contributed by atoms with E-state index in [0.29, 0.717) is 19.4 Å². The van der Waals surface area contributed by atoms with Crippen molar-refractivity contribution < 1.29 is 19.5 Å². The predicted octanol–water partition coefficient (Wildman–Crippen LogP) is 4.03. The Hall–Kier alpha value is -2.83. The van der Waals surface area contributed by atoms with Gasteiger partial charge in [0.1, 0.15) is 6.04 Å². The third-order valence-corrected chi connectivity index (χ3v) is 5.61. The summed E-state index contributed by atoms with van der Waals surface area (Å²) in [5, 5.41) is 16.0. The molecule has 176 valence electrons. The number of carbonyl (C=O) groups excluding carboxylic acids is 2. The lowest BCUT2D eigenvalue weighted by Crippen LogP contribution is -2.50. The van der Waals surface area contributed by atoms with Gasteiger partial charge in [0.25, 0.3) is 0 Å². The number of para-hydroxylation sites is 1. The average Bonchev–Trinajstić information content (AvgIpc) is 3.14. The third kappa shape index (κ3) is 8.02. The summed E-state index contributed by atoms with van der Waals surface area (Å²) in [4.78, 5) is 40.4. The number of H-pyrrole nitrogens is 1. The van der Waals surface area contributed by atoms with Crippen LogP contribution in [0.1, 0.15) is 64.9 Å². The maximum atomic E-state index is 13.0. The van der Waals surface area contributed by atoms with Crippen LogP contribution in [0, 0.1) is 11.8 Å². The van der Waals surface area contributed by atoms with Gasteiger partial charge in [0, 0.05) is 36.0 Å². The van der Waals surface area contributed by atoms with Gasteiger partial charge in [-0.2, -0.15) is 0 Å². The number of rotatable bonds is 14. The number of benzene rings is 1. The summed E-state index contributed by atoms with van der Waals surface area (Å²) in [5.41, 5.74) is 1.90. The SMILES string of the molecule is CCCCCCNC(=O)[C@H](Cc1c[nH]c2ccccc12)NC(=O)[C@@H](CC(=O)O)CC(C)C. The fraction of sp³-hybridized carbons (Fsp3) is 0.560. The number of fused-ring (bicyclic) bond motifs is 1. The number of carboxylic acids is 1. The number of carbonyl (C=O) groups is 3. The van der Waals surface area contributed by atoms with Gasteiger partial charge in [0.2, 0.25) is 11.8 Å². The molecule has 0 saturated heterocycles. The molecule has 7 nitrogen and oxygen atoms in total. The Morgan fingerprint density at radius 2 is 1.81 bits per heavy atom. The lowest BCUT2D eigenvalue weighted by Gasteiger charge is -2.23. The molecule has 2 aromatic rings. The molecule has 1 aromatic carbocycles. The van der Waals surface area contributed by atoms with Crippen molar-refractivity contribution in [3.8, 4) is 0 Å². The maximum Gasteiger partial charge on any atom is 0.304 e. The molecule has 1 aromatic heterocycles. The van der Waals surface area contributed by atoms with Gasteiger partial charge in [-0.3, -0.25) is 14.4 Å². The minimum Gasteiger partial charge on any atom is -0.481 e. The van der Waals surface area contributed by atoms with Crippen LogP contribution in [-0.4, -0.2) is 40.5 Å². The molecule has 2 rings (SSSR count). The highest BCUT2D eigenvalue weighted by atomic mass is 16.4. The molecule has 32 heavy (non-hydrogen) atoms. The van der Waals surface area contributed by atoms with Crippen molar-refractivity contribution in [2.45, 2.75) is 71.8 Å². The number of amides is 2. The van der Waals surface area contributed by atoms with Gasteiger partial charge in [-0.05, 0) is 30.4 Å². The Labute approximate surface area is 190 Å². The van der Waals surface area contributed by atoms with E-state index >= 15 is 0 Å². The molecular weight excluding hydrogens is 406 g/mol. The van der Waals surface area contributed by atoms with Gasteiger partial charge in [-0.15, -0.1) is 0 Å². The number of nitrogens with one attached hydrogen (secondary N) is 3. The van der Waals surface area contributed by atoms with E-state index in [1.165, 1.54) is 0 Å². The largest absolute Gasteiger partial charge is 0.481 e. The first-order chi connectivity index (χ1) is 15.3. The molecule has 0 aliphatic carbocycles. The molecule has 0 bridgehead atoms. The number of carboxylic acid groups (broad SMARTS) is 1. The zero-order valence-electron chi connectivity index (χ0n) is 19.4. The van der Waals surface area contributed by atoms with Gasteiger partial charge in [0.05, 0.1) is 6.42 Å². The van der Waals surface area contributed by atoms with Crippen molar-refractivity contribution in [2.75, 3.05) is 6.54 Å². The fourth-order valence-corrected chi connectivity index (χ4v) is 3.97. The first-order valence-electron chi connectivity index (χ1n) is 11.7. The number of hydrogen-bond donors (Lipinski definition) is 4. The highest BCUT2D eigenvalue weighted by Crippen LogP contribution is 2.20. The van der Waals surface area contributed by atoms with Crippen LogP contribution in [0.15, 0.2) is 30.5 Å². The quantitative estimate of drug-likeness (QED) is 0.330. The molecular formula is C25H37N3O4. The minimum absolute atomic E-state index is 0.171. The van der Waals surface area contributed by atoms with E-state index in [1.54, 1.807) is 0 Å². The molecule has 0 radical (unpaired) electrons. The number of aromatic amines is 1. The Morgan fingerprint density at radius 3 is 2.50 bits per heavy atom. The van der Waals surface area contributed by atoms with Gasteiger partial charge < -0.3 is 20.7 Å². The number of aliphatic carboxylic acids is 1. The average molecular weight is 444 g/mol. The summed E-state index contributed by atoms with van der Waals surface area (Å²) in [6.07, 6.45) is 6.58. The number of unbranched alkanes of at least 4 members (excludes halogenated alkanes) is 3. The molecule has 2 atom stereocenters. The Kier molecular flexibility index (Phi) is 10.2. The van der Waals surface area contributed by atoms with E-state index in [1.807, 2.05) is 44.3 Å². The summed E-state index contributed by atoms with van der Waals surface area (Å²) in [6, 6.07) is 7.05.